The maximum atomic E-state index is 12.7. The molecule has 2 amide bonds. The van der Waals surface area contributed by atoms with Crippen LogP contribution in [0.1, 0.15) is 64.8 Å². The summed E-state index contributed by atoms with van der Waals surface area (Å²) in [6, 6.07) is 7.69. The Hall–Kier alpha value is -3.20. The monoisotopic (exact) mass is 486 g/mol. The minimum Gasteiger partial charge on any atom is -0.462 e. The number of carbonyl (C=O) groups excluding carboxylic acids is 4. The van der Waals surface area contributed by atoms with Gasteiger partial charge in [0.25, 0.3) is 11.8 Å². The molecule has 1 heterocycles. The van der Waals surface area contributed by atoms with E-state index in [-0.39, 0.29) is 18.4 Å². The normalized spacial score (nSPS) is 13.2. The number of hydrogen-bond donors (Lipinski definition) is 2. The zero-order valence-electron chi connectivity index (χ0n) is 19.6. The van der Waals surface area contributed by atoms with E-state index in [1.54, 1.807) is 37.3 Å². The first-order valence-electron chi connectivity index (χ1n) is 11.4. The predicted molar refractivity (Wildman–Crippen MR) is 129 cm³/mol. The van der Waals surface area contributed by atoms with Crippen LogP contribution in [0, 0.1) is 5.92 Å². The molecule has 0 saturated heterocycles. The second-order valence-corrected chi connectivity index (χ2v) is 9.56. The third kappa shape index (κ3) is 6.44. The van der Waals surface area contributed by atoms with Crippen LogP contribution < -0.4 is 10.6 Å². The number of anilines is 1. The molecule has 0 saturated carbocycles. The number of benzene rings is 1. The average Bonchev–Trinajstić information content (AvgIpc) is 3.38. The number of thiophene rings is 1. The Labute approximate surface area is 203 Å². The highest BCUT2D eigenvalue weighted by Crippen LogP contribution is 2.39. The van der Waals surface area contributed by atoms with Crippen LogP contribution >= 0.6 is 11.3 Å². The molecule has 0 radical (unpaired) electrons. The van der Waals surface area contributed by atoms with Crippen LogP contribution in [0.2, 0.25) is 0 Å². The van der Waals surface area contributed by atoms with Crippen molar-refractivity contribution in [2.75, 3.05) is 18.5 Å². The third-order valence-corrected chi connectivity index (χ3v) is 6.54. The average molecular weight is 487 g/mol. The molecule has 3 rings (SSSR count). The first-order valence-corrected chi connectivity index (χ1v) is 12.3. The van der Waals surface area contributed by atoms with Gasteiger partial charge in [0.05, 0.1) is 12.2 Å². The van der Waals surface area contributed by atoms with Crippen molar-refractivity contribution >= 4 is 40.1 Å². The molecular formula is C25H30N2O6S. The zero-order valence-corrected chi connectivity index (χ0v) is 20.5. The molecule has 182 valence electrons. The molecule has 2 N–H and O–H groups in total. The molecule has 1 aromatic carbocycles. The molecule has 0 aliphatic heterocycles. The molecule has 1 aliphatic carbocycles. The van der Waals surface area contributed by atoms with E-state index in [0.29, 0.717) is 22.5 Å². The van der Waals surface area contributed by atoms with Gasteiger partial charge >= 0.3 is 11.9 Å². The fourth-order valence-electron chi connectivity index (χ4n) is 3.83. The molecule has 1 atom stereocenters. The van der Waals surface area contributed by atoms with Gasteiger partial charge in [0, 0.05) is 10.4 Å². The summed E-state index contributed by atoms with van der Waals surface area (Å²) in [5.74, 6) is -1.98. The van der Waals surface area contributed by atoms with Crippen LogP contribution in [-0.4, -0.2) is 43.0 Å². The van der Waals surface area contributed by atoms with Gasteiger partial charge < -0.3 is 20.1 Å². The number of hydrogen-bond acceptors (Lipinski definition) is 7. The molecule has 1 aliphatic rings. The summed E-state index contributed by atoms with van der Waals surface area (Å²) in [7, 11) is 0. The van der Waals surface area contributed by atoms with Crippen LogP contribution in [0.5, 0.6) is 0 Å². The van der Waals surface area contributed by atoms with Gasteiger partial charge in [-0.3, -0.25) is 9.59 Å². The van der Waals surface area contributed by atoms with E-state index < -0.39 is 30.5 Å². The Bertz CT molecular complexity index is 1050. The van der Waals surface area contributed by atoms with Crippen LogP contribution in [0.15, 0.2) is 30.3 Å². The highest BCUT2D eigenvalue weighted by Gasteiger charge is 2.29. The molecular weight excluding hydrogens is 456 g/mol. The summed E-state index contributed by atoms with van der Waals surface area (Å²) >= 11 is 1.36. The lowest BCUT2D eigenvalue weighted by atomic mass is 10.0. The van der Waals surface area contributed by atoms with Gasteiger partial charge in [0.15, 0.2) is 6.61 Å². The fourth-order valence-corrected chi connectivity index (χ4v) is 5.12. The maximum absolute atomic E-state index is 12.7. The van der Waals surface area contributed by atoms with Crippen molar-refractivity contribution in [3.63, 3.8) is 0 Å². The highest BCUT2D eigenvalue weighted by atomic mass is 32.1. The number of rotatable bonds is 10. The fraction of sp³-hybridized carbons (Fsp3) is 0.440. The molecule has 2 aromatic rings. The number of carbonyl (C=O) groups is 4. The van der Waals surface area contributed by atoms with E-state index in [1.807, 2.05) is 13.8 Å². The molecule has 0 unspecified atom stereocenters. The van der Waals surface area contributed by atoms with Gasteiger partial charge in [-0.2, -0.15) is 0 Å². The van der Waals surface area contributed by atoms with Gasteiger partial charge in [-0.15, -0.1) is 11.3 Å². The molecule has 9 heteroatoms. The SMILES string of the molecule is CCOC(=O)c1c(NC(=O)COC(=O)[C@H](CC(C)C)NC(=O)c2ccccc2)sc2c1CCC2. The Kier molecular flexibility index (Phi) is 8.81. The lowest BCUT2D eigenvalue weighted by Gasteiger charge is -2.19. The summed E-state index contributed by atoms with van der Waals surface area (Å²) in [4.78, 5) is 51.3. The number of fused-ring (bicyclic) bond motifs is 1. The smallest absolute Gasteiger partial charge is 0.341 e. The van der Waals surface area contributed by atoms with Crippen LogP contribution in [0.3, 0.4) is 0 Å². The number of ether oxygens (including phenoxy) is 2. The summed E-state index contributed by atoms with van der Waals surface area (Å²) in [6.07, 6.45) is 2.95. The topological polar surface area (TPSA) is 111 Å². The summed E-state index contributed by atoms with van der Waals surface area (Å²) in [5, 5.41) is 5.81. The first-order chi connectivity index (χ1) is 16.3. The van der Waals surface area contributed by atoms with E-state index in [0.717, 1.165) is 29.7 Å². The van der Waals surface area contributed by atoms with E-state index in [1.165, 1.54) is 11.3 Å². The van der Waals surface area contributed by atoms with Crippen molar-refractivity contribution in [1.82, 2.24) is 5.32 Å². The van der Waals surface area contributed by atoms with E-state index in [4.69, 9.17) is 9.47 Å². The minimum absolute atomic E-state index is 0.114. The second-order valence-electron chi connectivity index (χ2n) is 8.46. The molecule has 0 spiro atoms. The summed E-state index contributed by atoms with van der Waals surface area (Å²) in [5.41, 5.74) is 1.75. The Morgan fingerprint density at radius 3 is 2.47 bits per heavy atom. The van der Waals surface area contributed by atoms with Crippen LogP contribution in [0.25, 0.3) is 0 Å². The van der Waals surface area contributed by atoms with Gasteiger partial charge in [0.1, 0.15) is 11.0 Å². The van der Waals surface area contributed by atoms with Gasteiger partial charge in [-0.25, -0.2) is 9.59 Å². The Morgan fingerprint density at radius 1 is 1.06 bits per heavy atom. The Morgan fingerprint density at radius 2 is 1.79 bits per heavy atom. The second kappa shape index (κ2) is 11.8. The van der Waals surface area contributed by atoms with E-state index in [2.05, 4.69) is 10.6 Å². The predicted octanol–water partition coefficient (Wildman–Crippen LogP) is 3.74. The van der Waals surface area contributed by atoms with Gasteiger partial charge in [-0.05, 0) is 56.2 Å². The zero-order chi connectivity index (χ0) is 24.7. The minimum atomic E-state index is -0.888. The maximum Gasteiger partial charge on any atom is 0.341 e. The van der Waals surface area contributed by atoms with Crippen molar-refractivity contribution in [3.05, 3.63) is 51.9 Å². The molecule has 0 fully saturated rings. The third-order valence-electron chi connectivity index (χ3n) is 5.33. The molecule has 0 bridgehead atoms. The van der Waals surface area contributed by atoms with Crippen molar-refractivity contribution < 1.29 is 28.7 Å². The van der Waals surface area contributed by atoms with Crippen molar-refractivity contribution in [2.45, 2.75) is 52.5 Å². The van der Waals surface area contributed by atoms with Crippen molar-refractivity contribution in [2.24, 2.45) is 5.92 Å². The van der Waals surface area contributed by atoms with Crippen molar-refractivity contribution in [3.8, 4) is 0 Å². The van der Waals surface area contributed by atoms with Gasteiger partial charge in [0.2, 0.25) is 0 Å². The number of aryl methyl sites for hydroxylation is 1. The highest BCUT2D eigenvalue weighted by molar-refractivity contribution is 7.17. The molecule has 34 heavy (non-hydrogen) atoms. The quantitative estimate of drug-likeness (QED) is 0.495. The largest absolute Gasteiger partial charge is 0.462 e. The number of nitrogens with one attached hydrogen (secondary N) is 2. The van der Waals surface area contributed by atoms with E-state index in [9.17, 15) is 19.2 Å². The van der Waals surface area contributed by atoms with Crippen LogP contribution in [0.4, 0.5) is 5.00 Å². The van der Waals surface area contributed by atoms with Gasteiger partial charge in [-0.1, -0.05) is 32.0 Å². The number of esters is 2. The molecule has 8 nitrogen and oxygen atoms in total. The standard InChI is InChI=1S/C25H30N2O6S/c1-4-32-25(31)21-17-11-8-12-19(17)34-23(21)27-20(28)14-33-24(30)18(13-15(2)3)26-22(29)16-9-6-5-7-10-16/h5-7,9-10,15,18H,4,8,11-14H2,1-3H3,(H,26,29)(H,27,28)/t18-/m0/s1. The first kappa shape index (κ1) is 25.4. The van der Waals surface area contributed by atoms with Crippen LogP contribution in [-0.2, 0) is 31.9 Å². The van der Waals surface area contributed by atoms with E-state index >= 15 is 0 Å². The molecule has 1 aromatic heterocycles. The lowest BCUT2D eigenvalue weighted by Crippen LogP contribution is -2.43. The summed E-state index contributed by atoms with van der Waals surface area (Å²) < 4.78 is 10.4. The van der Waals surface area contributed by atoms with Crippen molar-refractivity contribution in [1.29, 1.82) is 0 Å². The lowest BCUT2D eigenvalue weighted by molar-refractivity contribution is -0.149. The number of amides is 2. The Balaban J connectivity index is 1.62. The summed E-state index contributed by atoms with van der Waals surface area (Å²) in [6.45, 7) is 5.29.